The van der Waals surface area contributed by atoms with E-state index in [0.717, 1.165) is 28.0 Å². The number of thiophene rings is 1. The summed E-state index contributed by atoms with van der Waals surface area (Å²) in [6.07, 6.45) is 0.802. The molecule has 0 bridgehead atoms. The van der Waals surface area contributed by atoms with Crippen LogP contribution in [0.1, 0.15) is 16.5 Å². The van der Waals surface area contributed by atoms with E-state index in [9.17, 15) is 0 Å². The number of halogens is 1. The first-order chi connectivity index (χ1) is 9.24. The predicted octanol–water partition coefficient (Wildman–Crippen LogP) is 3.52. The van der Waals surface area contributed by atoms with Gasteiger partial charge in [-0.2, -0.15) is 0 Å². The van der Waals surface area contributed by atoms with E-state index in [1.807, 2.05) is 18.2 Å². The van der Waals surface area contributed by atoms with Crippen LogP contribution in [0, 0.1) is 0 Å². The SMILES string of the molecule is NC(Cc1cc(Br)cs1)c1cccc2c1OCCO2. The molecule has 0 fully saturated rings. The molecule has 1 aliphatic rings. The van der Waals surface area contributed by atoms with Gasteiger partial charge in [0, 0.05) is 32.8 Å². The Bertz CT molecular complexity index is 585. The lowest BCUT2D eigenvalue weighted by Gasteiger charge is -2.23. The molecule has 0 saturated heterocycles. The summed E-state index contributed by atoms with van der Waals surface area (Å²) in [6, 6.07) is 7.93. The average molecular weight is 340 g/mol. The second kappa shape index (κ2) is 5.53. The zero-order valence-corrected chi connectivity index (χ0v) is 12.7. The number of hydrogen-bond donors (Lipinski definition) is 1. The fourth-order valence-electron chi connectivity index (χ4n) is 2.18. The van der Waals surface area contributed by atoms with E-state index in [4.69, 9.17) is 15.2 Å². The zero-order valence-electron chi connectivity index (χ0n) is 10.3. The minimum absolute atomic E-state index is 0.0813. The second-order valence-corrected chi connectivity index (χ2v) is 6.32. The van der Waals surface area contributed by atoms with Crippen molar-refractivity contribution in [1.82, 2.24) is 0 Å². The van der Waals surface area contributed by atoms with E-state index in [1.165, 1.54) is 4.88 Å². The quantitative estimate of drug-likeness (QED) is 0.930. The first-order valence-corrected chi connectivity index (χ1v) is 7.78. The zero-order chi connectivity index (χ0) is 13.2. The van der Waals surface area contributed by atoms with Gasteiger partial charge in [0.15, 0.2) is 11.5 Å². The Morgan fingerprint density at radius 2 is 2.16 bits per heavy atom. The highest BCUT2D eigenvalue weighted by atomic mass is 79.9. The molecule has 1 aliphatic heterocycles. The van der Waals surface area contributed by atoms with Crippen molar-refractivity contribution in [2.75, 3.05) is 13.2 Å². The Labute approximate surface area is 124 Å². The highest BCUT2D eigenvalue weighted by molar-refractivity contribution is 9.10. The van der Waals surface area contributed by atoms with Crippen molar-refractivity contribution in [2.45, 2.75) is 12.5 Å². The largest absolute Gasteiger partial charge is 0.486 e. The van der Waals surface area contributed by atoms with Crippen molar-refractivity contribution in [3.8, 4) is 11.5 Å². The van der Waals surface area contributed by atoms with Gasteiger partial charge in [-0.1, -0.05) is 12.1 Å². The summed E-state index contributed by atoms with van der Waals surface area (Å²) in [5.41, 5.74) is 7.33. The molecule has 2 heterocycles. The first-order valence-electron chi connectivity index (χ1n) is 6.11. The van der Waals surface area contributed by atoms with Gasteiger partial charge in [-0.05, 0) is 28.1 Å². The molecular formula is C14H14BrNO2S. The Hall–Kier alpha value is -1.04. The van der Waals surface area contributed by atoms with Crippen LogP contribution in [0.5, 0.6) is 11.5 Å². The number of hydrogen-bond acceptors (Lipinski definition) is 4. The maximum absolute atomic E-state index is 6.32. The molecule has 3 rings (SSSR count). The second-order valence-electron chi connectivity index (χ2n) is 4.41. The smallest absolute Gasteiger partial charge is 0.166 e. The van der Waals surface area contributed by atoms with Crippen molar-refractivity contribution in [2.24, 2.45) is 5.73 Å². The van der Waals surface area contributed by atoms with Gasteiger partial charge in [-0.25, -0.2) is 0 Å². The maximum Gasteiger partial charge on any atom is 0.166 e. The fraction of sp³-hybridized carbons (Fsp3) is 0.286. The van der Waals surface area contributed by atoms with Crippen molar-refractivity contribution in [3.05, 3.63) is 44.6 Å². The summed E-state index contributed by atoms with van der Waals surface area (Å²) >= 11 is 5.17. The number of para-hydroxylation sites is 1. The van der Waals surface area contributed by atoms with Crippen LogP contribution in [0.25, 0.3) is 0 Å². The standard InChI is InChI=1S/C14H14BrNO2S/c15-9-6-10(19-8-9)7-12(16)11-2-1-3-13-14(11)18-5-4-17-13/h1-3,6,8,12H,4-5,7,16H2. The molecule has 100 valence electrons. The molecule has 0 radical (unpaired) electrons. The van der Waals surface area contributed by atoms with Gasteiger partial charge in [-0.3, -0.25) is 0 Å². The normalized spacial score (nSPS) is 15.3. The Balaban J connectivity index is 1.85. The highest BCUT2D eigenvalue weighted by Crippen LogP contribution is 2.37. The van der Waals surface area contributed by atoms with E-state index in [0.29, 0.717) is 13.2 Å². The number of nitrogens with two attached hydrogens (primary N) is 1. The first kappa shape index (κ1) is 13.0. The molecule has 0 amide bonds. The molecule has 2 N–H and O–H groups in total. The molecular weight excluding hydrogens is 326 g/mol. The summed E-state index contributed by atoms with van der Waals surface area (Å²) in [4.78, 5) is 1.26. The summed E-state index contributed by atoms with van der Waals surface area (Å²) in [5.74, 6) is 1.60. The van der Waals surface area contributed by atoms with Gasteiger partial charge in [0.25, 0.3) is 0 Å². The summed E-state index contributed by atoms with van der Waals surface area (Å²) in [7, 11) is 0. The topological polar surface area (TPSA) is 44.5 Å². The van der Waals surface area contributed by atoms with Crippen LogP contribution in [-0.4, -0.2) is 13.2 Å². The van der Waals surface area contributed by atoms with Gasteiger partial charge >= 0.3 is 0 Å². The van der Waals surface area contributed by atoms with Crippen molar-refractivity contribution < 1.29 is 9.47 Å². The molecule has 2 aromatic rings. The van der Waals surface area contributed by atoms with Crippen LogP contribution in [0.2, 0.25) is 0 Å². The third kappa shape index (κ3) is 2.78. The minimum atomic E-state index is -0.0813. The summed E-state index contributed by atoms with van der Waals surface area (Å²) in [5, 5.41) is 2.07. The number of ether oxygens (including phenoxy) is 2. The molecule has 0 aliphatic carbocycles. The van der Waals surface area contributed by atoms with E-state index in [-0.39, 0.29) is 6.04 Å². The predicted molar refractivity (Wildman–Crippen MR) is 80.1 cm³/mol. The molecule has 5 heteroatoms. The molecule has 0 spiro atoms. The van der Waals surface area contributed by atoms with Crippen molar-refractivity contribution in [3.63, 3.8) is 0 Å². The molecule has 3 nitrogen and oxygen atoms in total. The third-order valence-corrected chi connectivity index (χ3v) is 4.76. The van der Waals surface area contributed by atoms with Crippen LogP contribution >= 0.6 is 27.3 Å². The highest BCUT2D eigenvalue weighted by Gasteiger charge is 2.20. The molecule has 1 unspecified atom stereocenters. The lowest BCUT2D eigenvalue weighted by atomic mass is 10.0. The Morgan fingerprint density at radius 3 is 2.95 bits per heavy atom. The number of benzene rings is 1. The van der Waals surface area contributed by atoms with Crippen molar-refractivity contribution in [1.29, 1.82) is 0 Å². The Kier molecular flexibility index (Phi) is 3.77. The van der Waals surface area contributed by atoms with E-state index >= 15 is 0 Å². The van der Waals surface area contributed by atoms with Gasteiger partial charge in [0.2, 0.25) is 0 Å². The summed E-state index contributed by atoms with van der Waals surface area (Å²) < 4.78 is 12.4. The van der Waals surface area contributed by atoms with Gasteiger partial charge in [0.05, 0.1) is 0 Å². The molecule has 1 aromatic heterocycles. The van der Waals surface area contributed by atoms with Crippen LogP contribution in [0.3, 0.4) is 0 Å². The average Bonchev–Trinajstić information content (AvgIpc) is 2.83. The lowest BCUT2D eigenvalue weighted by molar-refractivity contribution is 0.169. The van der Waals surface area contributed by atoms with Crippen molar-refractivity contribution >= 4 is 27.3 Å². The molecule has 1 atom stereocenters. The van der Waals surface area contributed by atoms with Crippen LogP contribution < -0.4 is 15.2 Å². The molecule has 1 aromatic carbocycles. The van der Waals surface area contributed by atoms with Crippen LogP contribution in [-0.2, 0) is 6.42 Å². The maximum atomic E-state index is 6.32. The number of rotatable bonds is 3. The van der Waals surface area contributed by atoms with Gasteiger partial charge < -0.3 is 15.2 Å². The monoisotopic (exact) mass is 339 g/mol. The third-order valence-electron chi connectivity index (χ3n) is 3.04. The Morgan fingerprint density at radius 1 is 1.32 bits per heavy atom. The van der Waals surface area contributed by atoms with E-state index in [2.05, 4.69) is 27.4 Å². The van der Waals surface area contributed by atoms with Crippen LogP contribution in [0.15, 0.2) is 34.1 Å². The minimum Gasteiger partial charge on any atom is -0.486 e. The number of fused-ring (bicyclic) bond motifs is 1. The van der Waals surface area contributed by atoms with Gasteiger partial charge in [-0.15, -0.1) is 11.3 Å². The lowest BCUT2D eigenvalue weighted by Crippen LogP contribution is -2.20. The van der Waals surface area contributed by atoms with Gasteiger partial charge in [0.1, 0.15) is 13.2 Å². The van der Waals surface area contributed by atoms with E-state index < -0.39 is 0 Å². The fourth-order valence-corrected chi connectivity index (χ4v) is 3.69. The van der Waals surface area contributed by atoms with E-state index in [1.54, 1.807) is 11.3 Å². The summed E-state index contributed by atoms with van der Waals surface area (Å²) in [6.45, 7) is 1.19. The van der Waals surface area contributed by atoms with Crippen LogP contribution in [0.4, 0.5) is 0 Å². The molecule has 19 heavy (non-hydrogen) atoms. The molecule has 0 saturated carbocycles.